The number of non-ortho nitro benzene ring substituents is 1. The van der Waals surface area contributed by atoms with E-state index in [-0.39, 0.29) is 17.0 Å². The van der Waals surface area contributed by atoms with Crippen LogP contribution in [0, 0.1) is 10.1 Å². The first-order chi connectivity index (χ1) is 10.5. The average molecular weight is 300 g/mol. The molecule has 0 saturated heterocycles. The van der Waals surface area contributed by atoms with E-state index in [1.807, 2.05) is 0 Å². The van der Waals surface area contributed by atoms with E-state index in [0.717, 1.165) is 0 Å². The summed E-state index contributed by atoms with van der Waals surface area (Å²) in [6, 6.07) is 10.4. The standard InChI is InChI=1S/C15H12N2O5/c1-22-14-6-5-10(7-13(14)15(18)19)9-16-11-3-2-4-12(8-11)17(20)21/h2-9H,1H3,(H,18,19). The number of carboxylic acid groups (broad SMARTS) is 1. The molecule has 0 fully saturated rings. The van der Waals surface area contributed by atoms with Crippen LogP contribution in [0.2, 0.25) is 0 Å². The molecule has 112 valence electrons. The first-order valence-electron chi connectivity index (χ1n) is 6.21. The molecule has 22 heavy (non-hydrogen) atoms. The van der Waals surface area contributed by atoms with E-state index in [1.165, 1.54) is 43.7 Å². The fraction of sp³-hybridized carbons (Fsp3) is 0.0667. The van der Waals surface area contributed by atoms with Crippen LogP contribution < -0.4 is 4.74 Å². The number of hydrogen-bond acceptors (Lipinski definition) is 5. The highest BCUT2D eigenvalue weighted by Gasteiger charge is 2.11. The fourth-order valence-electron chi connectivity index (χ4n) is 1.81. The molecule has 0 heterocycles. The van der Waals surface area contributed by atoms with Crippen LogP contribution in [0.25, 0.3) is 0 Å². The lowest BCUT2D eigenvalue weighted by atomic mass is 10.1. The topological polar surface area (TPSA) is 102 Å². The number of aromatic carboxylic acids is 1. The van der Waals surface area contributed by atoms with Gasteiger partial charge in [-0.3, -0.25) is 15.1 Å². The molecule has 0 radical (unpaired) electrons. The van der Waals surface area contributed by atoms with Crippen LogP contribution in [0.15, 0.2) is 47.5 Å². The van der Waals surface area contributed by atoms with Crippen LogP contribution in [0.3, 0.4) is 0 Å². The first kappa shape index (κ1) is 15.2. The quantitative estimate of drug-likeness (QED) is 0.519. The van der Waals surface area contributed by atoms with Crippen LogP contribution >= 0.6 is 0 Å². The molecule has 2 rings (SSSR count). The van der Waals surface area contributed by atoms with Gasteiger partial charge in [0.15, 0.2) is 0 Å². The van der Waals surface area contributed by atoms with Crippen LogP contribution in [0.1, 0.15) is 15.9 Å². The van der Waals surface area contributed by atoms with Gasteiger partial charge in [0.1, 0.15) is 11.3 Å². The van der Waals surface area contributed by atoms with Gasteiger partial charge in [-0.15, -0.1) is 0 Å². The summed E-state index contributed by atoms with van der Waals surface area (Å²) in [5.41, 5.74) is 0.910. The second-order valence-electron chi connectivity index (χ2n) is 4.30. The largest absolute Gasteiger partial charge is 0.496 e. The third kappa shape index (κ3) is 3.45. The lowest BCUT2D eigenvalue weighted by molar-refractivity contribution is -0.384. The number of ether oxygens (including phenoxy) is 1. The smallest absolute Gasteiger partial charge is 0.339 e. The van der Waals surface area contributed by atoms with Crippen molar-refractivity contribution >= 4 is 23.6 Å². The van der Waals surface area contributed by atoms with Gasteiger partial charge in [0, 0.05) is 18.3 Å². The zero-order valence-corrected chi connectivity index (χ0v) is 11.6. The minimum atomic E-state index is -1.11. The van der Waals surface area contributed by atoms with Gasteiger partial charge >= 0.3 is 5.97 Å². The number of nitrogens with zero attached hydrogens (tertiary/aromatic N) is 2. The van der Waals surface area contributed by atoms with E-state index in [0.29, 0.717) is 11.3 Å². The first-order valence-corrected chi connectivity index (χ1v) is 6.21. The molecule has 0 amide bonds. The molecule has 1 N–H and O–H groups in total. The Morgan fingerprint density at radius 1 is 1.32 bits per heavy atom. The molecular formula is C15H12N2O5. The maximum absolute atomic E-state index is 11.1. The van der Waals surface area contributed by atoms with Crippen molar-refractivity contribution in [2.24, 2.45) is 4.99 Å². The molecule has 0 unspecified atom stereocenters. The number of carbonyl (C=O) groups is 1. The normalized spacial score (nSPS) is 10.6. The van der Waals surface area contributed by atoms with Gasteiger partial charge in [-0.2, -0.15) is 0 Å². The Morgan fingerprint density at radius 3 is 2.73 bits per heavy atom. The van der Waals surface area contributed by atoms with Crippen molar-refractivity contribution in [3.8, 4) is 5.75 Å². The maximum atomic E-state index is 11.1. The molecule has 2 aromatic carbocycles. The van der Waals surface area contributed by atoms with E-state index >= 15 is 0 Å². The predicted octanol–water partition coefficient (Wildman–Crippen LogP) is 3.05. The Morgan fingerprint density at radius 2 is 2.09 bits per heavy atom. The van der Waals surface area contributed by atoms with Crippen molar-refractivity contribution in [3.05, 3.63) is 63.7 Å². The molecule has 0 bridgehead atoms. The van der Waals surface area contributed by atoms with E-state index in [9.17, 15) is 14.9 Å². The lowest BCUT2D eigenvalue weighted by Gasteiger charge is -2.05. The van der Waals surface area contributed by atoms with Crippen LogP contribution in [-0.2, 0) is 0 Å². The van der Waals surface area contributed by atoms with Crippen LogP contribution in [-0.4, -0.2) is 29.3 Å². The van der Waals surface area contributed by atoms with Gasteiger partial charge in [-0.1, -0.05) is 6.07 Å². The highest BCUT2D eigenvalue weighted by Crippen LogP contribution is 2.21. The fourth-order valence-corrected chi connectivity index (χ4v) is 1.81. The SMILES string of the molecule is COc1ccc(C=Nc2cccc([N+](=O)[O-])c2)cc1C(=O)O. The Kier molecular flexibility index (Phi) is 4.47. The Bertz CT molecular complexity index is 755. The minimum Gasteiger partial charge on any atom is -0.496 e. The second kappa shape index (κ2) is 6.49. The summed E-state index contributed by atoms with van der Waals surface area (Å²) in [6.07, 6.45) is 1.44. The van der Waals surface area contributed by atoms with Crippen molar-refractivity contribution in [3.63, 3.8) is 0 Å². The Labute approximate surface area is 125 Å². The van der Waals surface area contributed by atoms with Crippen molar-refractivity contribution in [2.45, 2.75) is 0 Å². The number of carboxylic acids is 1. The monoisotopic (exact) mass is 300 g/mol. The number of benzene rings is 2. The number of nitro groups is 1. The summed E-state index contributed by atoms with van der Waals surface area (Å²) in [7, 11) is 1.39. The van der Waals surface area contributed by atoms with Gasteiger partial charge in [-0.05, 0) is 29.8 Å². The van der Waals surface area contributed by atoms with E-state index in [4.69, 9.17) is 9.84 Å². The van der Waals surface area contributed by atoms with Gasteiger partial charge in [0.2, 0.25) is 0 Å². The zero-order chi connectivity index (χ0) is 16.1. The summed E-state index contributed by atoms with van der Waals surface area (Å²) in [4.78, 5) is 25.4. The third-order valence-electron chi connectivity index (χ3n) is 2.86. The second-order valence-corrected chi connectivity index (χ2v) is 4.30. The molecule has 0 saturated carbocycles. The molecule has 0 aliphatic carbocycles. The molecular weight excluding hydrogens is 288 g/mol. The molecule has 0 atom stereocenters. The average Bonchev–Trinajstić information content (AvgIpc) is 2.52. The predicted molar refractivity (Wildman–Crippen MR) is 80.3 cm³/mol. The lowest BCUT2D eigenvalue weighted by Crippen LogP contribution is -2.01. The summed E-state index contributed by atoms with van der Waals surface area (Å²) in [6.45, 7) is 0. The van der Waals surface area contributed by atoms with Gasteiger partial charge in [0.25, 0.3) is 5.69 Å². The molecule has 0 aromatic heterocycles. The number of hydrogen-bond donors (Lipinski definition) is 1. The minimum absolute atomic E-state index is 0.0190. The number of rotatable bonds is 5. The molecule has 7 heteroatoms. The number of aliphatic imine (C=N–C) groups is 1. The highest BCUT2D eigenvalue weighted by atomic mass is 16.6. The third-order valence-corrected chi connectivity index (χ3v) is 2.86. The van der Waals surface area contributed by atoms with Gasteiger partial charge in [0.05, 0.1) is 17.7 Å². The summed E-state index contributed by atoms with van der Waals surface area (Å²) in [5.74, 6) is -0.859. The molecule has 0 aliphatic heterocycles. The highest BCUT2D eigenvalue weighted by molar-refractivity contribution is 5.94. The van der Waals surface area contributed by atoms with Crippen LogP contribution in [0.5, 0.6) is 5.75 Å². The summed E-state index contributed by atoms with van der Waals surface area (Å²) < 4.78 is 4.97. The maximum Gasteiger partial charge on any atom is 0.339 e. The summed E-state index contributed by atoms with van der Waals surface area (Å²) >= 11 is 0. The van der Waals surface area contributed by atoms with Crippen molar-refractivity contribution in [2.75, 3.05) is 7.11 Å². The van der Waals surface area contributed by atoms with Crippen LogP contribution in [0.4, 0.5) is 11.4 Å². The molecule has 7 nitrogen and oxygen atoms in total. The van der Waals surface area contributed by atoms with E-state index in [1.54, 1.807) is 12.1 Å². The molecule has 2 aromatic rings. The van der Waals surface area contributed by atoms with Crippen molar-refractivity contribution in [1.82, 2.24) is 0 Å². The zero-order valence-electron chi connectivity index (χ0n) is 11.6. The number of methoxy groups -OCH3 is 1. The van der Waals surface area contributed by atoms with Gasteiger partial charge < -0.3 is 9.84 Å². The molecule has 0 spiro atoms. The van der Waals surface area contributed by atoms with E-state index < -0.39 is 10.9 Å². The Balaban J connectivity index is 2.30. The Hall–Kier alpha value is -3.22. The summed E-state index contributed by atoms with van der Waals surface area (Å²) in [5, 5.41) is 19.8. The van der Waals surface area contributed by atoms with Crippen molar-refractivity contribution < 1.29 is 19.6 Å². The van der Waals surface area contributed by atoms with Crippen molar-refractivity contribution in [1.29, 1.82) is 0 Å². The molecule has 0 aliphatic rings. The number of nitro benzene ring substituents is 1. The van der Waals surface area contributed by atoms with Gasteiger partial charge in [-0.25, -0.2) is 4.79 Å². The van der Waals surface area contributed by atoms with E-state index in [2.05, 4.69) is 4.99 Å².